The Bertz CT molecular complexity index is 505. The number of sulfone groups is 1. The van der Waals surface area contributed by atoms with Crippen LogP contribution >= 0.6 is 0 Å². The summed E-state index contributed by atoms with van der Waals surface area (Å²) >= 11 is 0. The molecule has 0 aromatic heterocycles. The Labute approximate surface area is 108 Å². The average molecular weight is 308 g/mol. The van der Waals surface area contributed by atoms with E-state index in [9.17, 15) is 30.4 Å². The van der Waals surface area contributed by atoms with E-state index in [2.05, 4.69) is 0 Å². The molecule has 0 spiro atoms. The number of anilines is 1. The molecular weight excluding hydrogens is 305 g/mol. The third-order valence-electron chi connectivity index (χ3n) is 1.55. The van der Waals surface area contributed by atoms with Gasteiger partial charge in [0.25, 0.3) is 0 Å². The Balaban J connectivity index is 0.00000256. The van der Waals surface area contributed by atoms with Gasteiger partial charge < -0.3 is 5.73 Å². The molecule has 0 aliphatic rings. The van der Waals surface area contributed by atoms with Gasteiger partial charge in [-0.15, -0.1) is 12.1 Å². The van der Waals surface area contributed by atoms with Crippen LogP contribution in [0.1, 0.15) is 0 Å². The Morgan fingerprint density at radius 1 is 1.24 bits per heavy atom. The fourth-order valence-corrected chi connectivity index (χ4v) is 1.80. The summed E-state index contributed by atoms with van der Waals surface area (Å²) in [6, 6.07) is 1.40. The van der Waals surface area contributed by atoms with E-state index in [1.807, 2.05) is 0 Å². The van der Waals surface area contributed by atoms with E-state index in [-0.39, 0.29) is 27.8 Å². The van der Waals surface area contributed by atoms with Gasteiger partial charge in [-0.1, -0.05) is 5.69 Å². The van der Waals surface area contributed by atoms with Crippen molar-refractivity contribution < 1.29 is 52.1 Å². The van der Waals surface area contributed by atoms with Crippen LogP contribution in [0, 0.1) is 17.7 Å². The number of nitrogens with two attached hydrogens (primary N) is 1. The van der Waals surface area contributed by atoms with Crippen molar-refractivity contribution >= 4 is 15.5 Å². The van der Waals surface area contributed by atoms with E-state index in [1.54, 1.807) is 0 Å². The van der Waals surface area contributed by atoms with Gasteiger partial charge in [0.05, 0.1) is 0 Å². The second-order valence-corrected chi connectivity index (χ2v) is 4.54. The molecule has 0 bridgehead atoms. The van der Waals surface area contributed by atoms with Crippen LogP contribution in [0.3, 0.4) is 0 Å². The Morgan fingerprint density at radius 3 is 2.06 bits per heavy atom. The fourth-order valence-electron chi connectivity index (χ4n) is 0.915. The maximum absolute atomic E-state index is 12.9. The van der Waals surface area contributed by atoms with Crippen molar-refractivity contribution in [2.75, 3.05) is 5.73 Å². The molecule has 0 saturated heterocycles. The van der Waals surface area contributed by atoms with Crippen LogP contribution < -0.4 is 5.73 Å². The fraction of sp³-hybridized carbons (Fsp3) is 0.143. The molecule has 0 fully saturated rings. The molecule has 10 heteroatoms. The number of alkyl halides is 3. The van der Waals surface area contributed by atoms with Gasteiger partial charge in [-0.2, -0.15) is 13.2 Å². The summed E-state index contributed by atoms with van der Waals surface area (Å²) in [4.78, 5) is -1.82. The zero-order valence-corrected chi connectivity index (χ0v) is 10.1. The molecule has 3 nitrogen and oxygen atoms in total. The number of hydrogen-bond donors (Lipinski definition) is 1. The standard InChI is InChI=1S/C7H3F5NO2S.Ti/c8-3-1-4(9)6(5(13)2-3)16(14,15)7(10,11)12;/h2H,13H2;/q-1;. The number of hydrogen-bond acceptors (Lipinski definition) is 3. The number of nitrogen functional groups attached to an aromatic ring is 1. The zero-order chi connectivity index (χ0) is 12.7. The number of rotatable bonds is 1. The molecule has 0 unspecified atom stereocenters. The van der Waals surface area contributed by atoms with Crippen molar-refractivity contribution in [2.45, 2.75) is 10.4 Å². The molecule has 17 heavy (non-hydrogen) atoms. The molecule has 0 atom stereocenters. The number of benzene rings is 1. The molecular formula is C7H3F5NO2STi-. The normalized spacial score (nSPS) is 12.1. The average Bonchev–Trinajstić information content (AvgIpc) is 1.97. The molecule has 2 N–H and O–H groups in total. The van der Waals surface area contributed by atoms with E-state index in [0.717, 1.165) is 0 Å². The van der Waals surface area contributed by atoms with Crippen LogP contribution in [0.15, 0.2) is 11.0 Å². The smallest absolute Gasteiger partial charge is 0.418 e. The van der Waals surface area contributed by atoms with Crippen molar-refractivity contribution in [2.24, 2.45) is 0 Å². The molecule has 0 aliphatic carbocycles. The van der Waals surface area contributed by atoms with Gasteiger partial charge in [-0.25, -0.2) is 17.2 Å². The van der Waals surface area contributed by atoms with Gasteiger partial charge in [0.15, 0.2) is 0 Å². The maximum atomic E-state index is 12.9. The molecule has 0 aliphatic heterocycles. The van der Waals surface area contributed by atoms with Gasteiger partial charge in [0, 0.05) is 38.2 Å². The van der Waals surface area contributed by atoms with Crippen LogP contribution in [0.4, 0.5) is 27.6 Å². The maximum Gasteiger partial charge on any atom is 0.491 e. The van der Waals surface area contributed by atoms with E-state index in [0.29, 0.717) is 0 Å². The molecule has 1 aromatic rings. The summed E-state index contributed by atoms with van der Waals surface area (Å²) in [7, 11) is -5.95. The first kappa shape index (κ1) is 16.3. The van der Waals surface area contributed by atoms with Crippen LogP contribution in [-0.2, 0) is 31.6 Å². The van der Waals surface area contributed by atoms with E-state index in [4.69, 9.17) is 5.73 Å². The van der Waals surface area contributed by atoms with Gasteiger partial charge in [-0.05, 0) is 0 Å². The Kier molecular flexibility index (Phi) is 4.72. The molecule has 0 heterocycles. The quantitative estimate of drug-likeness (QED) is 0.282. The minimum absolute atomic E-state index is 0. The summed E-state index contributed by atoms with van der Waals surface area (Å²) in [6.45, 7) is 0. The molecule has 0 radical (unpaired) electrons. The first-order valence-electron chi connectivity index (χ1n) is 3.55. The second-order valence-electron chi connectivity index (χ2n) is 2.66. The summed E-state index contributed by atoms with van der Waals surface area (Å²) < 4.78 is 83.1. The zero-order valence-electron chi connectivity index (χ0n) is 7.77. The topological polar surface area (TPSA) is 60.2 Å². The Hall–Kier alpha value is -0.666. The third-order valence-corrected chi connectivity index (χ3v) is 3.11. The molecule has 0 amide bonds. The summed E-state index contributed by atoms with van der Waals surface area (Å²) in [5.74, 6) is -3.40. The van der Waals surface area contributed by atoms with Gasteiger partial charge in [0.2, 0.25) is 9.84 Å². The van der Waals surface area contributed by atoms with Crippen molar-refractivity contribution in [3.05, 3.63) is 23.8 Å². The number of halogens is 5. The predicted molar refractivity (Wildman–Crippen MR) is 42.8 cm³/mol. The van der Waals surface area contributed by atoms with Crippen LogP contribution in [0.25, 0.3) is 0 Å². The first-order chi connectivity index (χ1) is 7.07. The van der Waals surface area contributed by atoms with Crippen LogP contribution in [0.2, 0.25) is 0 Å². The SMILES string of the molecule is Nc1cc(F)[c-]c(F)c1S(=O)(=O)C(F)(F)F.[Ti]. The van der Waals surface area contributed by atoms with E-state index in [1.165, 1.54) is 6.07 Å². The third kappa shape index (κ3) is 2.96. The predicted octanol–water partition coefficient (Wildman–Crippen LogP) is 1.64. The first-order valence-corrected chi connectivity index (χ1v) is 5.04. The minimum atomic E-state index is -5.95. The minimum Gasteiger partial charge on any atom is -0.418 e. The largest absolute Gasteiger partial charge is 0.491 e. The van der Waals surface area contributed by atoms with Gasteiger partial charge in [0.1, 0.15) is 0 Å². The van der Waals surface area contributed by atoms with Crippen LogP contribution in [-0.4, -0.2) is 13.9 Å². The Morgan fingerprint density at radius 2 is 1.71 bits per heavy atom. The van der Waals surface area contributed by atoms with Crippen molar-refractivity contribution in [1.82, 2.24) is 0 Å². The van der Waals surface area contributed by atoms with Gasteiger partial charge in [-0.3, -0.25) is 0 Å². The van der Waals surface area contributed by atoms with Crippen molar-refractivity contribution in [1.29, 1.82) is 0 Å². The van der Waals surface area contributed by atoms with E-state index >= 15 is 0 Å². The second kappa shape index (κ2) is 4.91. The van der Waals surface area contributed by atoms with Crippen molar-refractivity contribution in [3.8, 4) is 0 Å². The summed E-state index contributed by atoms with van der Waals surface area (Å²) in [5, 5.41) is 0. The van der Waals surface area contributed by atoms with E-state index < -0.39 is 37.6 Å². The molecule has 1 rings (SSSR count). The molecule has 0 saturated carbocycles. The van der Waals surface area contributed by atoms with Gasteiger partial charge >= 0.3 is 5.51 Å². The van der Waals surface area contributed by atoms with Crippen LogP contribution in [0.5, 0.6) is 0 Å². The summed E-state index contributed by atoms with van der Waals surface area (Å²) in [5.41, 5.74) is -2.05. The molecule has 94 valence electrons. The molecule has 1 aromatic carbocycles. The van der Waals surface area contributed by atoms with Crippen molar-refractivity contribution in [3.63, 3.8) is 0 Å². The summed E-state index contributed by atoms with van der Waals surface area (Å²) in [6.07, 6.45) is 0. The monoisotopic (exact) mass is 308 g/mol.